The predicted octanol–water partition coefficient (Wildman–Crippen LogP) is 1.36. The Bertz CT molecular complexity index is 584. The molecule has 1 heterocycles. The third-order valence-corrected chi connectivity index (χ3v) is 2.75. The van der Waals surface area contributed by atoms with E-state index in [1.54, 1.807) is 13.2 Å². The molecule has 0 aliphatic carbocycles. The van der Waals surface area contributed by atoms with Crippen molar-refractivity contribution in [2.75, 3.05) is 20.3 Å². The summed E-state index contributed by atoms with van der Waals surface area (Å²) in [5.74, 6) is 0.357. The first kappa shape index (κ1) is 13.3. The lowest BCUT2D eigenvalue weighted by Gasteiger charge is -2.08. The van der Waals surface area contributed by atoms with Gasteiger partial charge in [-0.3, -0.25) is 4.79 Å². The average molecular weight is 260 g/mol. The van der Waals surface area contributed by atoms with Gasteiger partial charge in [-0.15, -0.1) is 0 Å². The molecule has 1 aromatic carbocycles. The molecule has 0 fully saturated rings. The number of para-hydroxylation sites is 1. The normalized spacial score (nSPS) is 10.4. The quantitative estimate of drug-likeness (QED) is 0.796. The van der Waals surface area contributed by atoms with Crippen LogP contribution in [0.3, 0.4) is 0 Å². The highest BCUT2D eigenvalue weighted by Gasteiger charge is 2.11. The minimum atomic E-state index is -0.266. The van der Waals surface area contributed by atoms with Gasteiger partial charge in [0.25, 0.3) is 5.91 Å². The molecule has 0 bridgehead atoms. The molecule has 1 amide bonds. The lowest BCUT2D eigenvalue weighted by molar-refractivity contribution is 0.0946. The topological polar surface area (TPSA) is 71.5 Å². The second-order valence-corrected chi connectivity index (χ2v) is 4.06. The van der Waals surface area contributed by atoms with E-state index in [4.69, 9.17) is 9.84 Å². The number of pyridine rings is 1. The minimum absolute atomic E-state index is 0.0503. The Balaban J connectivity index is 2.31. The number of methoxy groups -OCH3 is 1. The molecule has 5 heteroatoms. The monoisotopic (exact) mass is 260 g/mol. The number of nitrogens with zero attached hydrogens (tertiary/aromatic N) is 1. The number of nitrogens with one attached hydrogen (secondary N) is 1. The van der Waals surface area contributed by atoms with Crippen LogP contribution in [0.25, 0.3) is 10.9 Å². The average Bonchev–Trinajstić information content (AvgIpc) is 2.46. The van der Waals surface area contributed by atoms with Crippen molar-refractivity contribution in [1.29, 1.82) is 0 Å². The molecule has 0 saturated heterocycles. The molecule has 0 aliphatic rings. The number of aromatic nitrogens is 1. The van der Waals surface area contributed by atoms with Gasteiger partial charge in [-0.05, 0) is 18.6 Å². The zero-order chi connectivity index (χ0) is 13.7. The first-order valence-electron chi connectivity index (χ1n) is 6.09. The van der Waals surface area contributed by atoms with Gasteiger partial charge >= 0.3 is 0 Å². The molecular weight excluding hydrogens is 244 g/mol. The maximum Gasteiger partial charge on any atom is 0.270 e. The second kappa shape index (κ2) is 6.15. The molecule has 1 aromatic heterocycles. The second-order valence-electron chi connectivity index (χ2n) is 4.06. The van der Waals surface area contributed by atoms with Gasteiger partial charge in [0, 0.05) is 24.6 Å². The minimum Gasteiger partial charge on any atom is -0.496 e. The standard InChI is InChI=1S/C14H16N2O3/c1-19-13-9-12(14(18)15-7-4-8-17)16-11-6-3-2-5-10(11)13/h2-3,5-6,9,17H,4,7-8H2,1H3,(H,15,18). The Morgan fingerprint density at radius 1 is 1.42 bits per heavy atom. The molecule has 19 heavy (non-hydrogen) atoms. The highest BCUT2D eigenvalue weighted by molar-refractivity contribution is 5.96. The molecule has 0 saturated carbocycles. The van der Waals surface area contributed by atoms with Crippen LogP contribution in [0.5, 0.6) is 5.75 Å². The highest BCUT2D eigenvalue weighted by Crippen LogP contribution is 2.24. The van der Waals surface area contributed by atoms with Crippen molar-refractivity contribution >= 4 is 16.8 Å². The zero-order valence-electron chi connectivity index (χ0n) is 10.7. The van der Waals surface area contributed by atoms with Crippen molar-refractivity contribution in [3.8, 4) is 5.75 Å². The third-order valence-electron chi connectivity index (χ3n) is 2.75. The molecule has 0 atom stereocenters. The summed E-state index contributed by atoms with van der Waals surface area (Å²) < 4.78 is 5.28. The fourth-order valence-corrected chi connectivity index (χ4v) is 1.80. The van der Waals surface area contributed by atoms with Gasteiger partial charge in [0.1, 0.15) is 11.4 Å². The van der Waals surface area contributed by atoms with Crippen molar-refractivity contribution < 1.29 is 14.6 Å². The summed E-state index contributed by atoms with van der Waals surface area (Å²) in [5.41, 5.74) is 1.03. The van der Waals surface area contributed by atoms with Crippen LogP contribution in [0.15, 0.2) is 30.3 Å². The number of ether oxygens (including phenoxy) is 1. The number of hydrogen-bond acceptors (Lipinski definition) is 4. The van der Waals surface area contributed by atoms with Crippen molar-refractivity contribution in [3.63, 3.8) is 0 Å². The molecule has 0 radical (unpaired) electrons. The number of hydrogen-bond donors (Lipinski definition) is 2. The smallest absolute Gasteiger partial charge is 0.270 e. The van der Waals surface area contributed by atoms with E-state index in [9.17, 15) is 4.79 Å². The van der Waals surface area contributed by atoms with Crippen LogP contribution >= 0.6 is 0 Å². The van der Waals surface area contributed by atoms with Crippen LogP contribution in [-0.2, 0) is 0 Å². The summed E-state index contributed by atoms with van der Waals surface area (Å²) in [7, 11) is 1.56. The van der Waals surface area contributed by atoms with E-state index >= 15 is 0 Å². The van der Waals surface area contributed by atoms with Gasteiger partial charge < -0.3 is 15.2 Å². The number of rotatable bonds is 5. The maximum atomic E-state index is 11.9. The lowest BCUT2D eigenvalue weighted by atomic mass is 10.1. The fourth-order valence-electron chi connectivity index (χ4n) is 1.80. The molecule has 0 aliphatic heterocycles. The number of fused-ring (bicyclic) bond motifs is 1. The summed E-state index contributed by atoms with van der Waals surface area (Å²) >= 11 is 0. The van der Waals surface area contributed by atoms with Gasteiger partial charge in [0.15, 0.2) is 0 Å². The Morgan fingerprint density at radius 2 is 2.21 bits per heavy atom. The number of amides is 1. The summed E-state index contributed by atoms with van der Waals surface area (Å²) in [6, 6.07) is 9.11. The van der Waals surface area contributed by atoms with Crippen LogP contribution in [0.1, 0.15) is 16.9 Å². The van der Waals surface area contributed by atoms with Crippen LogP contribution in [0, 0.1) is 0 Å². The Kier molecular flexibility index (Phi) is 4.30. The van der Waals surface area contributed by atoms with Crippen molar-refractivity contribution in [2.24, 2.45) is 0 Å². The van der Waals surface area contributed by atoms with E-state index in [0.717, 1.165) is 5.39 Å². The molecule has 2 aromatic rings. The van der Waals surface area contributed by atoms with E-state index in [1.807, 2.05) is 24.3 Å². The van der Waals surface area contributed by atoms with Gasteiger partial charge in [-0.1, -0.05) is 12.1 Å². The number of aliphatic hydroxyl groups is 1. The van der Waals surface area contributed by atoms with E-state index in [0.29, 0.717) is 29.9 Å². The maximum absolute atomic E-state index is 11.9. The van der Waals surface area contributed by atoms with E-state index in [1.165, 1.54) is 0 Å². The number of benzene rings is 1. The van der Waals surface area contributed by atoms with Crippen LogP contribution < -0.4 is 10.1 Å². The van der Waals surface area contributed by atoms with Crippen LogP contribution in [-0.4, -0.2) is 36.3 Å². The SMILES string of the molecule is COc1cc(C(=O)NCCCO)nc2ccccc12. The number of carbonyl (C=O) groups is 1. The van der Waals surface area contributed by atoms with Crippen LogP contribution in [0.4, 0.5) is 0 Å². The summed E-state index contributed by atoms with van der Waals surface area (Å²) in [5, 5.41) is 12.3. The van der Waals surface area contributed by atoms with Gasteiger partial charge in [0.05, 0.1) is 12.6 Å². The third kappa shape index (κ3) is 3.00. The number of aliphatic hydroxyl groups excluding tert-OH is 1. The lowest BCUT2D eigenvalue weighted by Crippen LogP contribution is -2.26. The molecule has 0 spiro atoms. The largest absolute Gasteiger partial charge is 0.496 e. The first-order chi connectivity index (χ1) is 9.26. The highest BCUT2D eigenvalue weighted by atomic mass is 16.5. The predicted molar refractivity (Wildman–Crippen MR) is 72.3 cm³/mol. The summed E-state index contributed by atoms with van der Waals surface area (Å²) in [6.07, 6.45) is 0.524. The van der Waals surface area contributed by atoms with Crippen molar-refractivity contribution in [1.82, 2.24) is 10.3 Å². The van der Waals surface area contributed by atoms with Gasteiger partial charge in [0.2, 0.25) is 0 Å². The Morgan fingerprint density at radius 3 is 2.95 bits per heavy atom. The van der Waals surface area contributed by atoms with E-state index in [2.05, 4.69) is 10.3 Å². The van der Waals surface area contributed by atoms with Crippen molar-refractivity contribution in [3.05, 3.63) is 36.0 Å². The van der Waals surface area contributed by atoms with Gasteiger partial charge in [-0.2, -0.15) is 0 Å². The molecular formula is C14H16N2O3. The molecule has 5 nitrogen and oxygen atoms in total. The summed E-state index contributed by atoms with van der Waals surface area (Å²) in [6.45, 7) is 0.473. The van der Waals surface area contributed by atoms with Gasteiger partial charge in [-0.25, -0.2) is 4.98 Å². The molecule has 100 valence electrons. The molecule has 0 unspecified atom stereocenters. The fraction of sp³-hybridized carbons (Fsp3) is 0.286. The summed E-state index contributed by atoms with van der Waals surface area (Å²) in [4.78, 5) is 16.2. The van der Waals surface area contributed by atoms with E-state index < -0.39 is 0 Å². The molecule has 2 N–H and O–H groups in total. The Labute approximate surface area is 111 Å². The van der Waals surface area contributed by atoms with Crippen LogP contribution in [0.2, 0.25) is 0 Å². The molecule has 2 rings (SSSR count). The Hall–Kier alpha value is -2.14. The zero-order valence-corrected chi connectivity index (χ0v) is 10.7. The van der Waals surface area contributed by atoms with E-state index in [-0.39, 0.29) is 12.5 Å². The number of carbonyl (C=O) groups excluding carboxylic acids is 1. The first-order valence-corrected chi connectivity index (χ1v) is 6.09. The van der Waals surface area contributed by atoms with Crippen molar-refractivity contribution in [2.45, 2.75) is 6.42 Å².